The molecule has 0 radical (unpaired) electrons. The highest BCUT2D eigenvalue weighted by Gasteiger charge is 2.14. The van der Waals surface area contributed by atoms with E-state index in [9.17, 15) is 4.79 Å². The number of aryl methyl sites for hydroxylation is 1. The third-order valence-electron chi connectivity index (χ3n) is 3.82. The van der Waals surface area contributed by atoms with Crippen LogP contribution < -0.4 is 9.47 Å². The lowest BCUT2D eigenvalue weighted by Gasteiger charge is -2.19. The molecular formula is C19H22BrNO3S. The fraction of sp³-hybridized carbons (Fsp3) is 0.316. The highest BCUT2D eigenvalue weighted by Crippen LogP contribution is 2.27. The van der Waals surface area contributed by atoms with E-state index in [0.29, 0.717) is 12.3 Å². The predicted molar refractivity (Wildman–Crippen MR) is 106 cm³/mol. The Kier molecular flexibility index (Phi) is 7.20. The summed E-state index contributed by atoms with van der Waals surface area (Å²) in [4.78, 5) is 15.3. The Morgan fingerprint density at radius 2 is 1.92 bits per heavy atom. The average Bonchev–Trinajstić information content (AvgIpc) is 2.60. The van der Waals surface area contributed by atoms with Gasteiger partial charge in [0.2, 0.25) is 5.91 Å². The lowest BCUT2D eigenvalue weighted by molar-refractivity contribution is -0.127. The van der Waals surface area contributed by atoms with Gasteiger partial charge in [0.15, 0.2) is 0 Å². The molecule has 2 aromatic rings. The maximum absolute atomic E-state index is 12.5. The number of ether oxygens (including phenoxy) is 2. The fourth-order valence-electron chi connectivity index (χ4n) is 2.35. The molecule has 0 aliphatic carbocycles. The summed E-state index contributed by atoms with van der Waals surface area (Å²) in [5.74, 6) is 1.92. The molecule has 0 saturated carbocycles. The van der Waals surface area contributed by atoms with E-state index < -0.39 is 0 Å². The molecule has 0 aliphatic heterocycles. The number of hydrogen-bond donors (Lipinski definition) is 0. The van der Waals surface area contributed by atoms with Crippen LogP contribution in [0.4, 0.5) is 0 Å². The van der Waals surface area contributed by atoms with Crippen LogP contribution in [0.5, 0.6) is 11.5 Å². The van der Waals surface area contributed by atoms with Gasteiger partial charge in [0.25, 0.3) is 0 Å². The third-order valence-corrected chi connectivity index (χ3v) is 5.47. The molecule has 0 aromatic heterocycles. The molecule has 0 bridgehead atoms. The molecule has 0 spiro atoms. The second kappa shape index (κ2) is 9.15. The van der Waals surface area contributed by atoms with Gasteiger partial charge in [0.05, 0.1) is 20.0 Å². The Balaban J connectivity index is 1.98. The molecule has 0 heterocycles. The summed E-state index contributed by atoms with van der Waals surface area (Å²) in [6, 6.07) is 11.7. The van der Waals surface area contributed by atoms with Crippen LogP contribution in [0, 0.1) is 6.92 Å². The number of halogens is 1. The monoisotopic (exact) mass is 423 g/mol. The lowest BCUT2D eigenvalue weighted by Crippen LogP contribution is -2.28. The molecule has 2 aromatic carbocycles. The normalized spacial score (nSPS) is 10.4. The van der Waals surface area contributed by atoms with Crippen molar-refractivity contribution in [3.63, 3.8) is 0 Å². The van der Waals surface area contributed by atoms with Gasteiger partial charge in [0.1, 0.15) is 11.5 Å². The summed E-state index contributed by atoms with van der Waals surface area (Å²) >= 11 is 5.01. The number of hydrogen-bond acceptors (Lipinski definition) is 4. The van der Waals surface area contributed by atoms with Crippen LogP contribution in [0.25, 0.3) is 0 Å². The summed E-state index contributed by atoms with van der Waals surface area (Å²) in [6.45, 7) is 2.54. The molecular weight excluding hydrogens is 402 g/mol. The van der Waals surface area contributed by atoms with Gasteiger partial charge in [0, 0.05) is 34.6 Å². The summed E-state index contributed by atoms with van der Waals surface area (Å²) < 4.78 is 11.6. The average molecular weight is 424 g/mol. The van der Waals surface area contributed by atoms with E-state index in [2.05, 4.69) is 22.0 Å². The van der Waals surface area contributed by atoms with E-state index in [4.69, 9.17) is 9.47 Å². The second-order valence-electron chi connectivity index (χ2n) is 5.63. The fourth-order valence-corrected chi connectivity index (χ4v) is 3.78. The van der Waals surface area contributed by atoms with Gasteiger partial charge in [-0.05, 0) is 42.8 Å². The van der Waals surface area contributed by atoms with Crippen molar-refractivity contribution in [1.29, 1.82) is 0 Å². The minimum atomic E-state index is 0.0742. The SMILES string of the molecule is COc1ccc(CN(C)C(=O)CSc2ccc(Br)cc2C)c(OC)c1. The molecule has 0 unspecified atom stereocenters. The molecule has 0 aliphatic rings. The van der Waals surface area contributed by atoms with Gasteiger partial charge >= 0.3 is 0 Å². The molecule has 6 heteroatoms. The quantitative estimate of drug-likeness (QED) is 0.613. The van der Waals surface area contributed by atoms with Crippen molar-refractivity contribution in [3.05, 3.63) is 52.0 Å². The molecule has 25 heavy (non-hydrogen) atoms. The first-order valence-corrected chi connectivity index (χ1v) is 9.56. The molecule has 1 amide bonds. The number of amides is 1. The summed E-state index contributed by atoms with van der Waals surface area (Å²) in [5.41, 5.74) is 2.11. The van der Waals surface area contributed by atoms with Crippen molar-refractivity contribution in [2.75, 3.05) is 27.0 Å². The zero-order valence-electron chi connectivity index (χ0n) is 14.8. The topological polar surface area (TPSA) is 38.8 Å². The third kappa shape index (κ3) is 5.41. The van der Waals surface area contributed by atoms with Crippen LogP contribution >= 0.6 is 27.7 Å². The Morgan fingerprint density at radius 3 is 2.56 bits per heavy atom. The van der Waals surface area contributed by atoms with E-state index in [1.807, 2.05) is 37.3 Å². The van der Waals surface area contributed by atoms with Crippen molar-refractivity contribution < 1.29 is 14.3 Å². The van der Waals surface area contributed by atoms with Crippen molar-refractivity contribution in [3.8, 4) is 11.5 Å². The highest BCUT2D eigenvalue weighted by atomic mass is 79.9. The van der Waals surface area contributed by atoms with Gasteiger partial charge in [-0.3, -0.25) is 4.79 Å². The maximum atomic E-state index is 12.5. The maximum Gasteiger partial charge on any atom is 0.232 e. The standard InChI is InChI=1S/C19H22BrNO3S/c1-13-9-15(20)6-8-18(13)25-12-19(22)21(2)11-14-5-7-16(23-3)10-17(14)24-4/h5-10H,11-12H2,1-4H3. The van der Waals surface area contributed by atoms with Gasteiger partial charge in [-0.25, -0.2) is 0 Å². The van der Waals surface area contributed by atoms with Crippen molar-refractivity contribution in [1.82, 2.24) is 4.90 Å². The van der Waals surface area contributed by atoms with Crippen LogP contribution in [0.2, 0.25) is 0 Å². The van der Waals surface area contributed by atoms with Crippen LogP contribution in [0.3, 0.4) is 0 Å². The van der Waals surface area contributed by atoms with Crippen LogP contribution in [0.1, 0.15) is 11.1 Å². The molecule has 0 atom stereocenters. The van der Waals surface area contributed by atoms with Crippen LogP contribution in [-0.2, 0) is 11.3 Å². The first kappa shape index (κ1) is 19.7. The van der Waals surface area contributed by atoms with E-state index in [0.717, 1.165) is 32.0 Å². The molecule has 2 rings (SSSR count). The number of methoxy groups -OCH3 is 2. The minimum absolute atomic E-state index is 0.0742. The number of carbonyl (C=O) groups excluding carboxylic acids is 1. The second-order valence-corrected chi connectivity index (χ2v) is 7.56. The largest absolute Gasteiger partial charge is 0.497 e. The Hall–Kier alpha value is -1.66. The first-order chi connectivity index (χ1) is 11.9. The van der Waals surface area contributed by atoms with Crippen molar-refractivity contribution in [2.24, 2.45) is 0 Å². The number of carbonyl (C=O) groups is 1. The zero-order valence-corrected chi connectivity index (χ0v) is 17.2. The number of rotatable bonds is 7. The van der Waals surface area contributed by atoms with E-state index in [-0.39, 0.29) is 5.91 Å². The molecule has 134 valence electrons. The molecule has 0 fully saturated rings. The van der Waals surface area contributed by atoms with E-state index in [1.54, 1.807) is 37.9 Å². The van der Waals surface area contributed by atoms with Gasteiger partial charge in [-0.2, -0.15) is 0 Å². The van der Waals surface area contributed by atoms with Crippen LogP contribution in [0.15, 0.2) is 45.8 Å². The number of benzene rings is 2. The predicted octanol–water partition coefficient (Wildman–Crippen LogP) is 4.53. The molecule has 4 nitrogen and oxygen atoms in total. The van der Waals surface area contributed by atoms with Gasteiger partial charge in [-0.1, -0.05) is 15.9 Å². The zero-order chi connectivity index (χ0) is 18.4. The van der Waals surface area contributed by atoms with Gasteiger partial charge < -0.3 is 14.4 Å². The van der Waals surface area contributed by atoms with Crippen LogP contribution in [-0.4, -0.2) is 37.8 Å². The van der Waals surface area contributed by atoms with Crippen molar-refractivity contribution >= 4 is 33.6 Å². The van der Waals surface area contributed by atoms with E-state index >= 15 is 0 Å². The first-order valence-electron chi connectivity index (χ1n) is 7.78. The summed E-state index contributed by atoms with van der Waals surface area (Å²) in [5, 5.41) is 0. The van der Waals surface area contributed by atoms with E-state index in [1.165, 1.54) is 0 Å². The highest BCUT2D eigenvalue weighted by molar-refractivity contribution is 9.10. The molecule has 0 saturated heterocycles. The Labute approximate surface area is 161 Å². The minimum Gasteiger partial charge on any atom is -0.497 e. The summed E-state index contributed by atoms with van der Waals surface area (Å²) in [7, 11) is 5.04. The number of thioether (sulfide) groups is 1. The Bertz CT molecular complexity index is 751. The lowest BCUT2D eigenvalue weighted by atomic mass is 10.2. The van der Waals surface area contributed by atoms with Gasteiger partial charge in [-0.15, -0.1) is 11.8 Å². The Morgan fingerprint density at radius 1 is 1.16 bits per heavy atom. The van der Waals surface area contributed by atoms with Crippen molar-refractivity contribution in [2.45, 2.75) is 18.4 Å². The summed E-state index contributed by atoms with van der Waals surface area (Å²) in [6.07, 6.45) is 0. The molecule has 0 N–H and O–H groups in total. The number of nitrogens with zero attached hydrogens (tertiary/aromatic N) is 1. The smallest absolute Gasteiger partial charge is 0.232 e.